The van der Waals surface area contributed by atoms with Crippen LogP contribution in [0.4, 0.5) is 0 Å². The number of carbonyl (C=O) groups is 1. The molecule has 2 atom stereocenters. The number of amides is 1. The number of aromatic nitrogens is 2. The molecule has 1 N–H and O–H groups in total. The number of hydrogen-bond acceptors (Lipinski definition) is 4. The number of carbonyl (C=O) groups excluding carboxylic acids is 1. The summed E-state index contributed by atoms with van der Waals surface area (Å²) >= 11 is 0. The van der Waals surface area contributed by atoms with Crippen LogP contribution in [0.2, 0.25) is 0 Å². The maximum atomic E-state index is 13.2. The molecule has 130 valence electrons. The van der Waals surface area contributed by atoms with Gasteiger partial charge in [-0.25, -0.2) is 0 Å². The maximum absolute atomic E-state index is 13.2. The van der Waals surface area contributed by atoms with Gasteiger partial charge in [-0.1, -0.05) is 18.2 Å². The number of hydrogen-bond donors (Lipinski definition) is 1. The lowest BCUT2D eigenvalue weighted by molar-refractivity contribution is 0.0341. The highest BCUT2D eigenvalue weighted by Crippen LogP contribution is 2.29. The lowest BCUT2D eigenvalue weighted by Gasteiger charge is -2.35. The number of rotatable bonds is 3. The van der Waals surface area contributed by atoms with Crippen LogP contribution in [0.5, 0.6) is 0 Å². The van der Waals surface area contributed by atoms with Crippen LogP contribution in [-0.2, 0) is 6.54 Å². The van der Waals surface area contributed by atoms with Crippen LogP contribution < -0.4 is 0 Å². The van der Waals surface area contributed by atoms with Crippen molar-refractivity contribution in [2.45, 2.75) is 38.5 Å². The second kappa shape index (κ2) is 6.37. The first-order valence-corrected chi connectivity index (χ1v) is 8.60. The Morgan fingerprint density at radius 3 is 2.96 bits per heavy atom. The molecular formula is C19H21N3O3. The molecule has 2 aromatic heterocycles. The van der Waals surface area contributed by atoms with Gasteiger partial charge in [-0.05, 0) is 31.9 Å². The summed E-state index contributed by atoms with van der Waals surface area (Å²) in [7, 11) is 0. The number of fused-ring (bicyclic) bond motifs is 1. The Labute approximate surface area is 145 Å². The fourth-order valence-electron chi connectivity index (χ4n) is 3.56. The highest BCUT2D eigenvalue weighted by atomic mass is 16.3. The highest BCUT2D eigenvalue weighted by molar-refractivity contribution is 5.99. The first-order chi connectivity index (χ1) is 12.1. The van der Waals surface area contributed by atoms with Gasteiger partial charge in [0.15, 0.2) is 5.76 Å². The molecule has 1 aliphatic heterocycles. The Hall–Kier alpha value is -2.60. The van der Waals surface area contributed by atoms with Gasteiger partial charge in [0, 0.05) is 35.9 Å². The summed E-state index contributed by atoms with van der Waals surface area (Å²) < 4.78 is 7.73. The summed E-state index contributed by atoms with van der Waals surface area (Å²) in [6.45, 7) is 2.99. The fourth-order valence-corrected chi connectivity index (χ4v) is 3.56. The molecule has 1 aromatic carbocycles. The zero-order chi connectivity index (χ0) is 17.4. The van der Waals surface area contributed by atoms with Crippen molar-refractivity contribution in [1.29, 1.82) is 0 Å². The Kier molecular flexibility index (Phi) is 4.05. The van der Waals surface area contributed by atoms with E-state index in [0.717, 1.165) is 10.9 Å². The van der Waals surface area contributed by atoms with Gasteiger partial charge in [-0.15, -0.1) is 0 Å². The van der Waals surface area contributed by atoms with E-state index in [1.54, 1.807) is 15.8 Å². The van der Waals surface area contributed by atoms with Crippen molar-refractivity contribution in [2.24, 2.45) is 0 Å². The maximum Gasteiger partial charge on any atom is 0.290 e. The van der Waals surface area contributed by atoms with Gasteiger partial charge >= 0.3 is 0 Å². The summed E-state index contributed by atoms with van der Waals surface area (Å²) in [6.07, 6.45) is 4.46. The average Bonchev–Trinajstić information content (AvgIpc) is 3.23. The molecule has 3 aromatic rings. The average molecular weight is 339 g/mol. The minimum absolute atomic E-state index is 0.0120. The van der Waals surface area contributed by atoms with E-state index in [4.69, 9.17) is 4.42 Å². The summed E-state index contributed by atoms with van der Waals surface area (Å²) in [6, 6.07) is 9.54. The Morgan fingerprint density at radius 2 is 2.20 bits per heavy atom. The van der Waals surface area contributed by atoms with Crippen LogP contribution in [-0.4, -0.2) is 44.4 Å². The van der Waals surface area contributed by atoms with E-state index in [-0.39, 0.29) is 18.1 Å². The predicted octanol–water partition coefficient (Wildman–Crippen LogP) is 2.66. The smallest absolute Gasteiger partial charge is 0.290 e. The highest BCUT2D eigenvalue weighted by Gasteiger charge is 2.32. The van der Waals surface area contributed by atoms with Crippen LogP contribution in [0.1, 0.15) is 35.9 Å². The van der Waals surface area contributed by atoms with Gasteiger partial charge in [0.2, 0.25) is 0 Å². The van der Waals surface area contributed by atoms with E-state index < -0.39 is 0 Å². The molecule has 0 spiro atoms. The SMILES string of the molecule is C[C@H]1C[C@@H](O)CCN1C(=O)c1oc2ccccc2c1Cn1cccn1. The molecule has 0 aliphatic carbocycles. The van der Waals surface area contributed by atoms with E-state index in [1.807, 2.05) is 43.5 Å². The summed E-state index contributed by atoms with van der Waals surface area (Å²) in [5.41, 5.74) is 1.56. The van der Waals surface area contributed by atoms with Crippen molar-refractivity contribution in [3.05, 3.63) is 54.0 Å². The van der Waals surface area contributed by atoms with Gasteiger partial charge in [0.25, 0.3) is 5.91 Å². The third-order valence-electron chi connectivity index (χ3n) is 4.88. The van der Waals surface area contributed by atoms with Crippen LogP contribution in [0.25, 0.3) is 11.0 Å². The number of benzene rings is 1. The van der Waals surface area contributed by atoms with Crippen molar-refractivity contribution < 1.29 is 14.3 Å². The predicted molar refractivity (Wildman–Crippen MR) is 93.3 cm³/mol. The van der Waals surface area contributed by atoms with E-state index in [0.29, 0.717) is 37.3 Å². The van der Waals surface area contributed by atoms with E-state index >= 15 is 0 Å². The van der Waals surface area contributed by atoms with Gasteiger partial charge in [-0.3, -0.25) is 9.48 Å². The molecule has 6 heteroatoms. The minimum Gasteiger partial charge on any atom is -0.451 e. The molecular weight excluding hydrogens is 318 g/mol. The monoisotopic (exact) mass is 339 g/mol. The van der Waals surface area contributed by atoms with Gasteiger partial charge < -0.3 is 14.4 Å². The molecule has 1 fully saturated rings. The number of likely N-dealkylation sites (tertiary alicyclic amines) is 1. The molecule has 0 saturated carbocycles. The number of furan rings is 1. The topological polar surface area (TPSA) is 71.5 Å². The van der Waals surface area contributed by atoms with E-state index in [1.165, 1.54) is 0 Å². The molecule has 0 unspecified atom stereocenters. The van der Waals surface area contributed by atoms with E-state index in [9.17, 15) is 9.90 Å². The number of aliphatic hydroxyl groups excluding tert-OH is 1. The first-order valence-electron chi connectivity index (χ1n) is 8.60. The lowest BCUT2D eigenvalue weighted by atomic mass is 10.00. The molecule has 0 radical (unpaired) electrons. The quantitative estimate of drug-likeness (QED) is 0.796. The number of aliphatic hydroxyl groups is 1. The van der Waals surface area contributed by atoms with Crippen LogP contribution >= 0.6 is 0 Å². The van der Waals surface area contributed by atoms with Gasteiger partial charge in [-0.2, -0.15) is 5.10 Å². The Bertz CT molecular complexity index is 885. The first kappa shape index (κ1) is 15.9. The zero-order valence-electron chi connectivity index (χ0n) is 14.1. The molecule has 1 aliphatic rings. The van der Waals surface area contributed by atoms with Crippen molar-refractivity contribution in [3.63, 3.8) is 0 Å². The van der Waals surface area contributed by atoms with Crippen molar-refractivity contribution in [1.82, 2.24) is 14.7 Å². The van der Waals surface area contributed by atoms with Gasteiger partial charge in [0.05, 0.1) is 12.6 Å². The third-order valence-corrected chi connectivity index (χ3v) is 4.88. The summed E-state index contributed by atoms with van der Waals surface area (Å²) in [4.78, 5) is 15.0. The molecule has 3 heterocycles. The fraction of sp³-hybridized carbons (Fsp3) is 0.368. The summed E-state index contributed by atoms with van der Waals surface area (Å²) in [5.74, 6) is 0.262. The normalized spacial score (nSPS) is 21.0. The molecule has 6 nitrogen and oxygen atoms in total. The van der Waals surface area contributed by atoms with E-state index in [2.05, 4.69) is 5.10 Å². The Morgan fingerprint density at radius 1 is 1.36 bits per heavy atom. The third kappa shape index (κ3) is 2.93. The van der Waals surface area contributed by atoms with Crippen LogP contribution in [0.15, 0.2) is 47.1 Å². The van der Waals surface area contributed by atoms with Crippen molar-refractivity contribution in [3.8, 4) is 0 Å². The number of nitrogens with zero attached hydrogens (tertiary/aromatic N) is 3. The molecule has 1 saturated heterocycles. The second-order valence-corrected chi connectivity index (χ2v) is 6.64. The van der Waals surface area contributed by atoms with Crippen LogP contribution in [0.3, 0.4) is 0 Å². The van der Waals surface area contributed by atoms with Crippen LogP contribution in [0, 0.1) is 0 Å². The minimum atomic E-state index is -0.335. The molecule has 25 heavy (non-hydrogen) atoms. The van der Waals surface area contributed by atoms with Crippen molar-refractivity contribution >= 4 is 16.9 Å². The molecule has 4 rings (SSSR count). The summed E-state index contributed by atoms with van der Waals surface area (Å²) in [5, 5.41) is 15.0. The zero-order valence-corrected chi connectivity index (χ0v) is 14.1. The number of para-hydroxylation sites is 1. The standard InChI is InChI=1S/C19H21N3O3/c1-13-11-14(23)7-10-22(13)19(24)18-16(12-21-9-4-8-20-21)15-5-2-3-6-17(15)25-18/h2-6,8-9,13-14,23H,7,10-12H2,1H3/t13-,14-/m0/s1. The number of piperidine rings is 1. The molecule has 0 bridgehead atoms. The molecule has 1 amide bonds. The second-order valence-electron chi connectivity index (χ2n) is 6.64. The largest absolute Gasteiger partial charge is 0.451 e. The lowest BCUT2D eigenvalue weighted by Crippen LogP contribution is -2.46. The Balaban J connectivity index is 1.74. The van der Waals surface area contributed by atoms with Gasteiger partial charge in [0.1, 0.15) is 5.58 Å². The van der Waals surface area contributed by atoms with Crippen molar-refractivity contribution in [2.75, 3.05) is 6.54 Å².